The van der Waals surface area contributed by atoms with Crippen LogP contribution in [0.25, 0.3) is 0 Å². The van der Waals surface area contributed by atoms with Crippen LogP contribution in [-0.4, -0.2) is 31.3 Å². The van der Waals surface area contributed by atoms with E-state index in [1.165, 1.54) is 7.11 Å². The fourth-order valence-corrected chi connectivity index (χ4v) is 1.98. The van der Waals surface area contributed by atoms with Gasteiger partial charge in [0.2, 0.25) is 0 Å². The zero-order valence-electron chi connectivity index (χ0n) is 8.65. The van der Waals surface area contributed by atoms with Gasteiger partial charge in [-0.15, -0.1) is 0 Å². The first-order valence-corrected chi connectivity index (χ1v) is 4.69. The van der Waals surface area contributed by atoms with Crippen LogP contribution in [0.4, 0.5) is 13.2 Å². The lowest BCUT2D eigenvalue weighted by Gasteiger charge is -2.44. The van der Waals surface area contributed by atoms with Gasteiger partial charge in [0.15, 0.2) is 0 Å². The topological polar surface area (TPSA) is 38.3 Å². The molecule has 1 aliphatic carbocycles. The Morgan fingerprint density at radius 3 is 2.40 bits per heavy atom. The summed E-state index contributed by atoms with van der Waals surface area (Å²) in [5.74, 6) is -0.352. The molecule has 15 heavy (non-hydrogen) atoms. The van der Waals surface area contributed by atoms with E-state index in [-0.39, 0.29) is 5.92 Å². The molecule has 0 saturated heterocycles. The molecule has 1 aliphatic rings. The van der Waals surface area contributed by atoms with Gasteiger partial charge in [0.1, 0.15) is 5.54 Å². The fourth-order valence-electron chi connectivity index (χ4n) is 1.98. The molecule has 0 aliphatic heterocycles. The van der Waals surface area contributed by atoms with Crippen LogP contribution in [0.1, 0.15) is 19.8 Å². The lowest BCUT2D eigenvalue weighted by Crippen LogP contribution is -2.62. The predicted octanol–water partition coefficient (Wildman–Crippen LogP) is 1.48. The van der Waals surface area contributed by atoms with Crippen molar-refractivity contribution in [3.63, 3.8) is 0 Å². The minimum Gasteiger partial charge on any atom is -0.468 e. The summed E-state index contributed by atoms with van der Waals surface area (Å²) < 4.78 is 40.5. The van der Waals surface area contributed by atoms with Gasteiger partial charge < -0.3 is 4.74 Å². The van der Waals surface area contributed by atoms with Crippen molar-refractivity contribution in [3.05, 3.63) is 0 Å². The molecule has 0 radical (unpaired) electrons. The van der Waals surface area contributed by atoms with E-state index in [0.29, 0.717) is 12.8 Å². The van der Waals surface area contributed by atoms with E-state index in [2.05, 4.69) is 10.1 Å². The monoisotopic (exact) mass is 225 g/mol. The number of hydrogen-bond acceptors (Lipinski definition) is 3. The first-order valence-electron chi connectivity index (χ1n) is 4.69. The smallest absolute Gasteiger partial charge is 0.401 e. The van der Waals surface area contributed by atoms with E-state index in [9.17, 15) is 18.0 Å². The standard InChI is InChI=1S/C9H14F3NO2/c1-6-3-8(4-6,7(14)15-2)13-5-9(10,11)12/h6,13H,3-5H2,1-2H3. The molecular formula is C9H14F3NO2. The van der Waals surface area contributed by atoms with Crippen molar-refractivity contribution >= 4 is 5.97 Å². The molecule has 0 heterocycles. The summed E-state index contributed by atoms with van der Waals surface area (Å²) >= 11 is 0. The Kier molecular flexibility index (Phi) is 3.28. The molecule has 6 heteroatoms. The van der Waals surface area contributed by atoms with Gasteiger partial charge in [0.05, 0.1) is 13.7 Å². The van der Waals surface area contributed by atoms with Crippen LogP contribution in [0, 0.1) is 5.92 Å². The Balaban J connectivity index is 2.56. The van der Waals surface area contributed by atoms with Gasteiger partial charge in [-0.2, -0.15) is 13.2 Å². The molecule has 0 atom stereocenters. The number of carbonyl (C=O) groups is 1. The minimum absolute atomic E-state index is 0.254. The molecular weight excluding hydrogens is 211 g/mol. The molecule has 1 N–H and O–H groups in total. The van der Waals surface area contributed by atoms with Crippen molar-refractivity contribution in [2.45, 2.75) is 31.5 Å². The van der Waals surface area contributed by atoms with Gasteiger partial charge in [-0.25, -0.2) is 0 Å². The van der Waals surface area contributed by atoms with E-state index in [1.807, 2.05) is 6.92 Å². The molecule has 1 fully saturated rings. The van der Waals surface area contributed by atoms with E-state index < -0.39 is 24.2 Å². The Hall–Kier alpha value is -0.780. The third kappa shape index (κ3) is 2.84. The number of halogens is 3. The fraction of sp³-hybridized carbons (Fsp3) is 0.889. The van der Waals surface area contributed by atoms with Crippen LogP contribution in [0.2, 0.25) is 0 Å². The third-order valence-electron chi connectivity index (χ3n) is 2.60. The summed E-state index contributed by atoms with van der Waals surface area (Å²) in [6.45, 7) is 0.727. The highest BCUT2D eigenvalue weighted by Crippen LogP contribution is 2.38. The number of hydrogen-bond donors (Lipinski definition) is 1. The number of methoxy groups -OCH3 is 1. The van der Waals surface area contributed by atoms with Crippen molar-refractivity contribution < 1.29 is 22.7 Å². The Morgan fingerprint density at radius 1 is 1.53 bits per heavy atom. The Bertz CT molecular complexity index is 246. The predicted molar refractivity (Wildman–Crippen MR) is 47.2 cm³/mol. The first-order chi connectivity index (χ1) is 6.79. The van der Waals surface area contributed by atoms with Crippen molar-refractivity contribution in [2.24, 2.45) is 5.92 Å². The SMILES string of the molecule is COC(=O)C1(NCC(F)(F)F)CC(C)C1. The average Bonchev–Trinajstić information content (AvgIpc) is 2.07. The average molecular weight is 225 g/mol. The summed E-state index contributed by atoms with van der Waals surface area (Å²) in [6.07, 6.45) is -3.51. The van der Waals surface area contributed by atoms with Gasteiger partial charge in [-0.1, -0.05) is 6.92 Å². The molecule has 0 spiro atoms. The van der Waals surface area contributed by atoms with Crippen molar-refractivity contribution in [3.8, 4) is 0 Å². The number of nitrogens with one attached hydrogen (secondary N) is 1. The van der Waals surface area contributed by atoms with Crippen molar-refractivity contribution in [2.75, 3.05) is 13.7 Å². The lowest BCUT2D eigenvalue weighted by molar-refractivity contribution is -0.161. The van der Waals surface area contributed by atoms with Crippen LogP contribution >= 0.6 is 0 Å². The van der Waals surface area contributed by atoms with E-state index >= 15 is 0 Å². The molecule has 0 unspecified atom stereocenters. The van der Waals surface area contributed by atoms with Crippen LogP contribution < -0.4 is 5.32 Å². The molecule has 88 valence electrons. The molecule has 0 aromatic heterocycles. The third-order valence-corrected chi connectivity index (χ3v) is 2.60. The Labute approximate surface area is 86.0 Å². The molecule has 1 rings (SSSR count). The zero-order chi connectivity index (χ0) is 11.7. The maximum absolute atomic E-state index is 12.0. The largest absolute Gasteiger partial charge is 0.468 e. The van der Waals surface area contributed by atoms with Gasteiger partial charge in [0, 0.05) is 0 Å². The van der Waals surface area contributed by atoms with Gasteiger partial charge in [-0.05, 0) is 18.8 Å². The normalized spacial score (nSPS) is 30.9. The number of esters is 1. The minimum atomic E-state index is -4.31. The first kappa shape index (κ1) is 12.3. The van der Waals surface area contributed by atoms with Crippen LogP contribution in [0.15, 0.2) is 0 Å². The van der Waals surface area contributed by atoms with Crippen molar-refractivity contribution in [1.82, 2.24) is 5.32 Å². The van der Waals surface area contributed by atoms with E-state index in [1.54, 1.807) is 0 Å². The van der Waals surface area contributed by atoms with E-state index in [4.69, 9.17) is 0 Å². The van der Waals surface area contributed by atoms with E-state index in [0.717, 1.165) is 0 Å². The van der Waals surface area contributed by atoms with Crippen LogP contribution in [-0.2, 0) is 9.53 Å². The highest BCUT2D eigenvalue weighted by atomic mass is 19.4. The molecule has 3 nitrogen and oxygen atoms in total. The highest BCUT2D eigenvalue weighted by molar-refractivity contribution is 5.82. The number of alkyl halides is 3. The summed E-state index contributed by atoms with van der Waals surface area (Å²) in [5.41, 5.74) is -1.12. The summed E-state index contributed by atoms with van der Waals surface area (Å²) in [7, 11) is 1.18. The molecule has 0 aromatic carbocycles. The molecule has 0 aromatic rings. The lowest BCUT2D eigenvalue weighted by atomic mass is 9.69. The molecule has 0 amide bonds. The number of ether oxygens (including phenoxy) is 1. The zero-order valence-corrected chi connectivity index (χ0v) is 8.65. The number of carbonyl (C=O) groups excluding carboxylic acids is 1. The van der Waals surface area contributed by atoms with Crippen LogP contribution in [0.3, 0.4) is 0 Å². The van der Waals surface area contributed by atoms with Gasteiger partial charge >= 0.3 is 12.1 Å². The Morgan fingerprint density at radius 2 is 2.07 bits per heavy atom. The highest BCUT2D eigenvalue weighted by Gasteiger charge is 2.50. The second-order valence-corrected chi connectivity index (χ2v) is 4.06. The summed E-state index contributed by atoms with van der Waals surface area (Å²) in [6, 6.07) is 0. The van der Waals surface area contributed by atoms with Crippen LogP contribution in [0.5, 0.6) is 0 Å². The summed E-state index contributed by atoms with van der Waals surface area (Å²) in [4.78, 5) is 11.3. The molecule has 1 saturated carbocycles. The maximum atomic E-state index is 12.0. The summed E-state index contributed by atoms with van der Waals surface area (Å²) in [5, 5.41) is 2.25. The number of rotatable bonds is 3. The van der Waals surface area contributed by atoms with Gasteiger partial charge in [0.25, 0.3) is 0 Å². The second kappa shape index (κ2) is 4.00. The quantitative estimate of drug-likeness (QED) is 0.739. The maximum Gasteiger partial charge on any atom is 0.401 e. The molecule has 0 bridgehead atoms. The van der Waals surface area contributed by atoms with Crippen molar-refractivity contribution in [1.29, 1.82) is 0 Å². The second-order valence-electron chi connectivity index (χ2n) is 4.06. The van der Waals surface area contributed by atoms with Gasteiger partial charge in [-0.3, -0.25) is 10.1 Å².